The van der Waals surface area contributed by atoms with Crippen LogP contribution in [0.25, 0.3) is 44.2 Å². The highest BCUT2D eigenvalue weighted by atomic mass is 19.1. The van der Waals surface area contributed by atoms with Crippen LogP contribution in [-0.2, 0) is 0 Å². The third-order valence-electron chi connectivity index (χ3n) is 7.02. The van der Waals surface area contributed by atoms with Crippen molar-refractivity contribution in [3.63, 3.8) is 0 Å². The van der Waals surface area contributed by atoms with Gasteiger partial charge in [0.25, 0.3) is 0 Å². The van der Waals surface area contributed by atoms with Gasteiger partial charge < -0.3 is 4.90 Å². The van der Waals surface area contributed by atoms with E-state index >= 15 is 4.39 Å². The number of fused-ring (bicyclic) bond motifs is 1. The Morgan fingerprint density at radius 2 is 1.11 bits per heavy atom. The Bertz CT molecular complexity index is 1740. The number of nitrogens with zero attached hydrogens (tertiary/aromatic N) is 1. The van der Waals surface area contributed by atoms with Crippen LogP contribution in [0.1, 0.15) is 0 Å². The number of hydrogen-bond donors (Lipinski definition) is 0. The summed E-state index contributed by atoms with van der Waals surface area (Å²) in [5.41, 5.74) is 6.23. The summed E-state index contributed by atoms with van der Waals surface area (Å²) in [6.07, 6.45) is 0. The molecule has 0 atom stereocenters. The third kappa shape index (κ3) is 4.33. The molecule has 0 aliphatic heterocycles. The lowest BCUT2D eigenvalue weighted by atomic mass is 9.91. The molecule has 6 aromatic carbocycles. The number of benzene rings is 6. The van der Waals surface area contributed by atoms with Gasteiger partial charge in [-0.3, -0.25) is 0 Å². The van der Waals surface area contributed by atoms with Gasteiger partial charge in [-0.2, -0.15) is 0 Å². The Balaban J connectivity index is 1.52. The van der Waals surface area contributed by atoms with Crippen LogP contribution in [0, 0.1) is 11.6 Å². The molecule has 0 saturated heterocycles. The van der Waals surface area contributed by atoms with Crippen LogP contribution >= 0.6 is 0 Å². The standard InChI is InChI=1S/C35H25F2N/c1-38(33-14-8-7-13-31(33)36)35-32(37)22-21-30(26-10-3-2-4-11-26)34(35)27-18-15-25(16-19-27)29-20-17-24-9-5-6-12-28(24)23-29/h2-23H,1H3. The minimum atomic E-state index is -0.413. The molecule has 0 radical (unpaired) electrons. The van der Waals surface area contributed by atoms with Crippen molar-refractivity contribution in [1.82, 2.24) is 0 Å². The van der Waals surface area contributed by atoms with Crippen molar-refractivity contribution in [3.8, 4) is 33.4 Å². The van der Waals surface area contributed by atoms with Crippen molar-refractivity contribution < 1.29 is 8.78 Å². The lowest BCUT2D eigenvalue weighted by Gasteiger charge is -2.26. The highest BCUT2D eigenvalue weighted by molar-refractivity contribution is 5.95. The van der Waals surface area contributed by atoms with E-state index in [0.717, 1.165) is 27.8 Å². The molecule has 0 saturated carbocycles. The first-order valence-corrected chi connectivity index (χ1v) is 12.6. The van der Waals surface area contributed by atoms with Gasteiger partial charge in [-0.05, 0) is 62.9 Å². The van der Waals surface area contributed by atoms with Gasteiger partial charge in [0.15, 0.2) is 0 Å². The van der Waals surface area contributed by atoms with Crippen molar-refractivity contribution >= 4 is 22.1 Å². The SMILES string of the molecule is CN(c1ccccc1F)c1c(F)ccc(-c2ccccc2)c1-c1ccc(-c2ccc3ccccc3c2)cc1. The van der Waals surface area contributed by atoms with Crippen molar-refractivity contribution in [2.24, 2.45) is 0 Å². The van der Waals surface area contributed by atoms with Crippen LogP contribution in [-0.4, -0.2) is 7.05 Å². The maximum atomic E-state index is 15.6. The number of halogens is 2. The molecule has 0 bridgehead atoms. The molecule has 0 heterocycles. The van der Waals surface area contributed by atoms with Gasteiger partial charge in [-0.25, -0.2) is 8.78 Å². The first kappa shape index (κ1) is 23.6. The molecule has 6 aromatic rings. The number of hydrogen-bond acceptors (Lipinski definition) is 1. The average molecular weight is 498 g/mol. The van der Waals surface area contributed by atoms with E-state index in [9.17, 15) is 4.39 Å². The van der Waals surface area contributed by atoms with E-state index in [1.807, 2.05) is 54.6 Å². The van der Waals surface area contributed by atoms with Gasteiger partial charge in [-0.1, -0.05) is 109 Å². The number of anilines is 2. The molecule has 0 N–H and O–H groups in total. The second kappa shape index (κ2) is 9.95. The Morgan fingerprint density at radius 1 is 0.474 bits per heavy atom. The summed E-state index contributed by atoms with van der Waals surface area (Å²) in [5.74, 6) is -0.818. The summed E-state index contributed by atoms with van der Waals surface area (Å²) in [6, 6.07) is 42.5. The van der Waals surface area contributed by atoms with Gasteiger partial charge in [0, 0.05) is 12.6 Å². The first-order chi connectivity index (χ1) is 18.6. The fourth-order valence-corrected chi connectivity index (χ4v) is 5.09. The summed E-state index contributed by atoms with van der Waals surface area (Å²) in [6.45, 7) is 0. The lowest BCUT2D eigenvalue weighted by molar-refractivity contribution is 0.618. The van der Waals surface area contributed by atoms with Crippen LogP contribution in [0.4, 0.5) is 20.2 Å². The minimum Gasteiger partial charge on any atom is -0.339 e. The fraction of sp³-hybridized carbons (Fsp3) is 0.0286. The van der Waals surface area contributed by atoms with E-state index in [1.54, 1.807) is 36.2 Å². The zero-order chi connectivity index (χ0) is 26.1. The zero-order valence-electron chi connectivity index (χ0n) is 20.9. The van der Waals surface area contributed by atoms with Crippen molar-refractivity contribution in [2.45, 2.75) is 0 Å². The largest absolute Gasteiger partial charge is 0.339 e. The molecular formula is C35H25F2N. The molecule has 0 aliphatic rings. The van der Waals surface area contributed by atoms with E-state index < -0.39 is 11.6 Å². The van der Waals surface area contributed by atoms with Gasteiger partial charge >= 0.3 is 0 Å². The zero-order valence-corrected chi connectivity index (χ0v) is 20.9. The summed E-state index contributed by atoms with van der Waals surface area (Å²) in [7, 11) is 1.71. The molecule has 0 spiro atoms. The molecular weight excluding hydrogens is 472 g/mol. The molecule has 1 nitrogen and oxygen atoms in total. The fourth-order valence-electron chi connectivity index (χ4n) is 5.09. The van der Waals surface area contributed by atoms with Crippen molar-refractivity contribution in [2.75, 3.05) is 11.9 Å². The summed E-state index contributed by atoms with van der Waals surface area (Å²) >= 11 is 0. The Hall–Kier alpha value is -4.76. The van der Waals surface area contributed by atoms with Gasteiger partial charge in [0.05, 0.1) is 11.4 Å². The van der Waals surface area contributed by atoms with E-state index in [1.165, 1.54) is 22.9 Å². The first-order valence-electron chi connectivity index (χ1n) is 12.6. The summed E-state index contributed by atoms with van der Waals surface area (Å²) in [5, 5.41) is 2.38. The number of rotatable bonds is 5. The Morgan fingerprint density at radius 3 is 1.87 bits per heavy atom. The predicted molar refractivity (Wildman–Crippen MR) is 155 cm³/mol. The van der Waals surface area contributed by atoms with Gasteiger partial charge in [0.1, 0.15) is 11.6 Å². The second-order valence-corrected chi connectivity index (χ2v) is 9.33. The molecule has 0 unspecified atom stereocenters. The van der Waals surface area contributed by atoms with Crippen molar-refractivity contribution in [1.29, 1.82) is 0 Å². The molecule has 184 valence electrons. The summed E-state index contributed by atoms with van der Waals surface area (Å²) in [4.78, 5) is 1.60. The van der Waals surface area contributed by atoms with Crippen LogP contribution in [0.2, 0.25) is 0 Å². The predicted octanol–water partition coefficient (Wildman–Crippen LogP) is 9.89. The van der Waals surface area contributed by atoms with Gasteiger partial charge in [-0.15, -0.1) is 0 Å². The smallest absolute Gasteiger partial charge is 0.147 e. The molecule has 0 amide bonds. The molecule has 3 heteroatoms. The number of para-hydroxylation sites is 1. The van der Waals surface area contributed by atoms with Crippen molar-refractivity contribution in [3.05, 3.63) is 145 Å². The van der Waals surface area contributed by atoms with Crippen LogP contribution < -0.4 is 4.90 Å². The van der Waals surface area contributed by atoms with Crippen LogP contribution in [0.3, 0.4) is 0 Å². The third-order valence-corrected chi connectivity index (χ3v) is 7.02. The molecule has 0 aromatic heterocycles. The second-order valence-electron chi connectivity index (χ2n) is 9.33. The maximum absolute atomic E-state index is 15.6. The maximum Gasteiger partial charge on any atom is 0.147 e. The normalized spacial score (nSPS) is 11.0. The highest BCUT2D eigenvalue weighted by Crippen LogP contribution is 2.44. The van der Waals surface area contributed by atoms with Gasteiger partial charge in [0.2, 0.25) is 0 Å². The molecule has 38 heavy (non-hydrogen) atoms. The average Bonchev–Trinajstić information content (AvgIpc) is 2.97. The Kier molecular flexibility index (Phi) is 6.19. The van der Waals surface area contributed by atoms with Crippen LogP contribution in [0.5, 0.6) is 0 Å². The van der Waals surface area contributed by atoms with E-state index in [0.29, 0.717) is 16.9 Å². The molecule has 0 fully saturated rings. The molecule has 0 aliphatic carbocycles. The topological polar surface area (TPSA) is 3.24 Å². The molecule has 6 rings (SSSR count). The minimum absolute atomic E-state index is 0.311. The Labute approximate surface area is 221 Å². The summed E-state index contributed by atoms with van der Waals surface area (Å²) < 4.78 is 30.4. The van der Waals surface area contributed by atoms with E-state index in [-0.39, 0.29) is 0 Å². The highest BCUT2D eigenvalue weighted by Gasteiger charge is 2.22. The monoisotopic (exact) mass is 497 g/mol. The lowest BCUT2D eigenvalue weighted by Crippen LogP contribution is -2.14. The van der Waals surface area contributed by atoms with Crippen LogP contribution in [0.15, 0.2) is 133 Å². The van der Waals surface area contributed by atoms with E-state index in [4.69, 9.17) is 0 Å². The quantitative estimate of drug-likeness (QED) is 0.229. The van der Waals surface area contributed by atoms with E-state index in [2.05, 4.69) is 42.5 Å².